The van der Waals surface area contributed by atoms with Gasteiger partial charge in [-0.25, -0.2) is 0 Å². The summed E-state index contributed by atoms with van der Waals surface area (Å²) < 4.78 is 13.4. The van der Waals surface area contributed by atoms with Crippen LogP contribution in [-0.4, -0.2) is 6.71 Å². The van der Waals surface area contributed by atoms with E-state index in [1.165, 1.54) is 51.7 Å². The summed E-state index contributed by atoms with van der Waals surface area (Å²) in [6.45, 7) is 0.0535. The SMILES string of the molecule is c1ccc(-c2c(N(c3ccccc3)c3cc4c5c(c3)Oc3ccccc3B5c3ccccc3O4)ccc3c2CCCC3)cc1. The van der Waals surface area contributed by atoms with Gasteiger partial charge in [0, 0.05) is 28.8 Å². The first-order valence-corrected chi connectivity index (χ1v) is 15.6. The fourth-order valence-electron chi connectivity index (χ4n) is 7.44. The summed E-state index contributed by atoms with van der Waals surface area (Å²) in [6.07, 6.45) is 4.68. The van der Waals surface area contributed by atoms with Crippen LogP contribution in [0.1, 0.15) is 24.0 Å². The van der Waals surface area contributed by atoms with Crippen LogP contribution in [0.2, 0.25) is 0 Å². The second-order valence-corrected chi connectivity index (χ2v) is 11.9. The molecule has 0 atom stereocenters. The van der Waals surface area contributed by atoms with Gasteiger partial charge in [-0.15, -0.1) is 0 Å². The third-order valence-corrected chi connectivity index (χ3v) is 9.36. The highest BCUT2D eigenvalue weighted by molar-refractivity contribution is 6.98. The highest BCUT2D eigenvalue weighted by Gasteiger charge is 2.40. The summed E-state index contributed by atoms with van der Waals surface area (Å²) in [6, 6.07) is 47.5. The number of rotatable bonds is 4. The second-order valence-electron chi connectivity index (χ2n) is 11.9. The monoisotopic (exact) mass is 567 g/mol. The fraction of sp³-hybridized carbons (Fsp3) is 0.100. The van der Waals surface area contributed by atoms with Crippen LogP contribution in [0.4, 0.5) is 17.1 Å². The third kappa shape index (κ3) is 3.98. The Morgan fingerprint density at radius 3 is 1.80 bits per heavy atom. The van der Waals surface area contributed by atoms with Crippen molar-refractivity contribution in [3.8, 4) is 34.1 Å². The molecule has 6 aromatic rings. The molecule has 44 heavy (non-hydrogen) atoms. The van der Waals surface area contributed by atoms with Crippen molar-refractivity contribution in [1.82, 2.24) is 0 Å². The number of hydrogen-bond donors (Lipinski definition) is 0. The number of ether oxygens (including phenoxy) is 2. The first-order chi connectivity index (χ1) is 21.8. The van der Waals surface area contributed by atoms with Crippen LogP contribution in [0, 0.1) is 0 Å². The molecule has 0 unspecified atom stereocenters. The minimum absolute atomic E-state index is 0.0535. The molecule has 210 valence electrons. The van der Waals surface area contributed by atoms with Crippen LogP contribution in [0.5, 0.6) is 23.0 Å². The predicted octanol–water partition coefficient (Wildman–Crippen LogP) is 8.43. The molecule has 0 saturated heterocycles. The van der Waals surface area contributed by atoms with E-state index in [1.54, 1.807) is 0 Å². The molecule has 0 radical (unpaired) electrons. The van der Waals surface area contributed by atoms with E-state index < -0.39 is 0 Å². The zero-order valence-electron chi connectivity index (χ0n) is 24.4. The van der Waals surface area contributed by atoms with Crippen LogP contribution in [-0.2, 0) is 12.8 Å². The molecule has 0 fully saturated rings. The molecule has 3 nitrogen and oxygen atoms in total. The van der Waals surface area contributed by atoms with Crippen molar-refractivity contribution >= 4 is 40.2 Å². The maximum absolute atomic E-state index is 6.70. The van der Waals surface area contributed by atoms with Crippen LogP contribution in [0.25, 0.3) is 11.1 Å². The van der Waals surface area contributed by atoms with Gasteiger partial charge in [-0.2, -0.15) is 0 Å². The van der Waals surface area contributed by atoms with Crippen LogP contribution < -0.4 is 30.8 Å². The topological polar surface area (TPSA) is 21.7 Å². The molecule has 0 bridgehead atoms. The standard InChI is InChI=1S/C40H30BNO2/c1-3-14-28(15-4-1)39-31-18-8-7-13-27(31)23-24-34(39)42(29-16-5-2-6-17-29)30-25-37-40-38(26-30)44-36-22-12-10-20-33(36)41(40)32-19-9-11-21-35(32)43-37/h1-6,9-12,14-17,19-26H,7-8,13,18H2. The van der Waals surface area contributed by atoms with E-state index in [9.17, 15) is 0 Å². The molecule has 6 aromatic carbocycles. The maximum Gasteiger partial charge on any atom is 0.260 e. The molecule has 0 spiro atoms. The molecule has 9 rings (SSSR count). The van der Waals surface area contributed by atoms with Crippen molar-refractivity contribution < 1.29 is 9.47 Å². The maximum atomic E-state index is 6.70. The van der Waals surface area contributed by atoms with Gasteiger partial charge in [0.25, 0.3) is 6.71 Å². The average molecular weight is 567 g/mol. The Morgan fingerprint density at radius 2 is 1.11 bits per heavy atom. The average Bonchev–Trinajstić information content (AvgIpc) is 3.09. The Kier molecular flexibility index (Phi) is 5.87. The molecule has 0 aromatic heterocycles. The Morgan fingerprint density at radius 1 is 0.523 bits per heavy atom. The summed E-state index contributed by atoms with van der Waals surface area (Å²) in [5, 5.41) is 0. The first kappa shape index (κ1) is 25.3. The minimum Gasteiger partial charge on any atom is -0.458 e. The molecule has 0 saturated carbocycles. The molecule has 2 aliphatic heterocycles. The van der Waals surface area contributed by atoms with Gasteiger partial charge in [-0.05, 0) is 83.6 Å². The number of para-hydroxylation sites is 3. The van der Waals surface area contributed by atoms with Gasteiger partial charge in [0.05, 0.1) is 11.4 Å². The highest BCUT2D eigenvalue weighted by atomic mass is 16.5. The zero-order valence-corrected chi connectivity index (χ0v) is 24.4. The van der Waals surface area contributed by atoms with Crippen molar-refractivity contribution in [3.05, 3.63) is 145 Å². The molecule has 2 heterocycles. The molecule has 0 amide bonds. The van der Waals surface area contributed by atoms with Gasteiger partial charge >= 0.3 is 0 Å². The lowest BCUT2D eigenvalue weighted by Crippen LogP contribution is -2.57. The zero-order chi connectivity index (χ0) is 29.0. The predicted molar refractivity (Wildman–Crippen MR) is 181 cm³/mol. The molecule has 0 N–H and O–H groups in total. The van der Waals surface area contributed by atoms with Crippen LogP contribution in [0.15, 0.2) is 133 Å². The number of hydrogen-bond acceptors (Lipinski definition) is 3. The van der Waals surface area contributed by atoms with Gasteiger partial charge in [-0.1, -0.05) is 91.0 Å². The van der Waals surface area contributed by atoms with Crippen LogP contribution >= 0.6 is 0 Å². The lowest BCUT2D eigenvalue weighted by Gasteiger charge is -2.35. The van der Waals surface area contributed by atoms with E-state index in [2.05, 4.69) is 138 Å². The van der Waals surface area contributed by atoms with Crippen molar-refractivity contribution in [3.63, 3.8) is 0 Å². The third-order valence-electron chi connectivity index (χ3n) is 9.36. The summed E-state index contributed by atoms with van der Waals surface area (Å²) in [5.74, 6) is 3.48. The Hall–Kier alpha value is -5.22. The molecule has 3 aliphatic rings. The van der Waals surface area contributed by atoms with Crippen molar-refractivity contribution in [2.45, 2.75) is 25.7 Å². The van der Waals surface area contributed by atoms with E-state index in [0.717, 1.165) is 52.7 Å². The molecular formula is C40H30BNO2. The van der Waals surface area contributed by atoms with Gasteiger partial charge in [0.2, 0.25) is 0 Å². The summed E-state index contributed by atoms with van der Waals surface area (Å²) in [7, 11) is 0. The highest BCUT2D eigenvalue weighted by Crippen LogP contribution is 2.47. The van der Waals surface area contributed by atoms with Gasteiger partial charge in [0.1, 0.15) is 23.0 Å². The number of fused-ring (bicyclic) bond motifs is 5. The Labute approximate surface area is 258 Å². The Balaban J connectivity index is 1.30. The van der Waals surface area contributed by atoms with Crippen molar-refractivity contribution in [2.24, 2.45) is 0 Å². The number of aryl methyl sites for hydroxylation is 1. The smallest absolute Gasteiger partial charge is 0.260 e. The first-order valence-electron chi connectivity index (χ1n) is 15.6. The normalized spacial score (nSPS) is 13.9. The Bertz CT molecular complexity index is 1970. The summed E-state index contributed by atoms with van der Waals surface area (Å²) in [4.78, 5) is 2.39. The van der Waals surface area contributed by atoms with Crippen LogP contribution in [0.3, 0.4) is 0 Å². The van der Waals surface area contributed by atoms with E-state index in [-0.39, 0.29) is 6.71 Å². The lowest BCUT2D eigenvalue weighted by atomic mass is 9.35. The largest absolute Gasteiger partial charge is 0.458 e. The van der Waals surface area contributed by atoms with Gasteiger partial charge in [-0.3, -0.25) is 0 Å². The molecular weight excluding hydrogens is 537 g/mol. The number of anilines is 3. The number of nitrogens with zero attached hydrogens (tertiary/aromatic N) is 1. The van der Waals surface area contributed by atoms with E-state index in [0.29, 0.717) is 0 Å². The molecule has 1 aliphatic carbocycles. The summed E-state index contributed by atoms with van der Waals surface area (Å²) in [5.41, 5.74) is 12.2. The second kappa shape index (κ2) is 10.2. The quantitative estimate of drug-likeness (QED) is 0.199. The number of benzene rings is 6. The van der Waals surface area contributed by atoms with E-state index >= 15 is 0 Å². The molecule has 4 heteroatoms. The van der Waals surface area contributed by atoms with Crippen molar-refractivity contribution in [2.75, 3.05) is 4.90 Å². The summed E-state index contributed by atoms with van der Waals surface area (Å²) >= 11 is 0. The van der Waals surface area contributed by atoms with Crippen molar-refractivity contribution in [1.29, 1.82) is 0 Å². The lowest BCUT2D eigenvalue weighted by molar-refractivity contribution is 0.465. The fourth-order valence-corrected chi connectivity index (χ4v) is 7.44. The van der Waals surface area contributed by atoms with Gasteiger partial charge in [0.15, 0.2) is 0 Å². The minimum atomic E-state index is 0.0535. The van der Waals surface area contributed by atoms with E-state index in [1.807, 2.05) is 0 Å². The van der Waals surface area contributed by atoms with E-state index in [4.69, 9.17) is 9.47 Å². The van der Waals surface area contributed by atoms with Gasteiger partial charge < -0.3 is 14.4 Å².